The summed E-state index contributed by atoms with van der Waals surface area (Å²) in [6.45, 7) is 1.95. The number of halogens is 1. The molecule has 122 valence electrons. The summed E-state index contributed by atoms with van der Waals surface area (Å²) in [7, 11) is 1.76. The smallest absolute Gasteiger partial charge is 0.239 e. The Morgan fingerprint density at radius 1 is 1.17 bits per heavy atom. The molecule has 3 rings (SSSR count). The van der Waals surface area contributed by atoms with Gasteiger partial charge < -0.3 is 5.73 Å². The van der Waals surface area contributed by atoms with E-state index in [-0.39, 0.29) is 17.9 Å². The Balaban J connectivity index is 2.03. The quantitative estimate of drug-likeness (QED) is 0.797. The number of nitrogens with zero attached hydrogens (tertiary/aromatic N) is 2. The van der Waals surface area contributed by atoms with Crippen LogP contribution >= 0.6 is 15.9 Å². The number of benzene rings is 1. The zero-order valence-corrected chi connectivity index (χ0v) is 14.5. The molecule has 1 aromatic carbocycles. The summed E-state index contributed by atoms with van der Waals surface area (Å²) in [6, 6.07) is 6.09. The molecular formula is C16H18BrN3O3. The molecule has 6 nitrogen and oxygen atoms in total. The van der Waals surface area contributed by atoms with Gasteiger partial charge in [-0.15, -0.1) is 0 Å². The second kappa shape index (κ2) is 5.72. The highest BCUT2D eigenvalue weighted by Gasteiger charge is 2.62. The lowest BCUT2D eigenvalue weighted by atomic mass is 9.88. The van der Waals surface area contributed by atoms with E-state index in [4.69, 9.17) is 5.73 Å². The van der Waals surface area contributed by atoms with Gasteiger partial charge in [0, 0.05) is 10.5 Å². The maximum atomic E-state index is 12.9. The lowest BCUT2D eigenvalue weighted by molar-refractivity contribution is -0.129. The molecule has 0 radical (unpaired) electrons. The fraction of sp³-hybridized carbons (Fsp3) is 0.438. The van der Waals surface area contributed by atoms with Crippen molar-refractivity contribution in [2.45, 2.75) is 25.4 Å². The second-order valence-electron chi connectivity index (χ2n) is 6.03. The summed E-state index contributed by atoms with van der Waals surface area (Å²) in [6.07, 6.45) is 0.675. The monoisotopic (exact) mass is 379 g/mol. The van der Waals surface area contributed by atoms with Crippen molar-refractivity contribution in [3.8, 4) is 0 Å². The van der Waals surface area contributed by atoms with Crippen LogP contribution in [0.15, 0.2) is 28.7 Å². The van der Waals surface area contributed by atoms with E-state index < -0.39 is 23.8 Å². The first-order valence-electron chi connectivity index (χ1n) is 7.53. The summed E-state index contributed by atoms with van der Waals surface area (Å²) in [5.41, 5.74) is 6.03. The number of imide groups is 1. The van der Waals surface area contributed by atoms with Crippen molar-refractivity contribution in [1.82, 2.24) is 4.90 Å². The van der Waals surface area contributed by atoms with Gasteiger partial charge in [-0.1, -0.05) is 22.9 Å². The van der Waals surface area contributed by atoms with Gasteiger partial charge in [-0.25, -0.2) is 4.90 Å². The van der Waals surface area contributed by atoms with E-state index in [0.717, 1.165) is 4.47 Å². The van der Waals surface area contributed by atoms with Crippen molar-refractivity contribution < 1.29 is 14.4 Å². The number of hydrogen-bond donors (Lipinski definition) is 1. The van der Waals surface area contributed by atoms with Crippen LogP contribution in [-0.4, -0.2) is 41.8 Å². The number of primary amides is 1. The van der Waals surface area contributed by atoms with Gasteiger partial charge in [0.2, 0.25) is 17.7 Å². The van der Waals surface area contributed by atoms with Crippen LogP contribution in [0, 0.1) is 11.8 Å². The van der Waals surface area contributed by atoms with Crippen molar-refractivity contribution in [2.75, 3.05) is 11.9 Å². The van der Waals surface area contributed by atoms with Crippen molar-refractivity contribution in [1.29, 1.82) is 0 Å². The van der Waals surface area contributed by atoms with Gasteiger partial charge >= 0.3 is 0 Å². The van der Waals surface area contributed by atoms with Gasteiger partial charge in [-0.2, -0.15) is 0 Å². The number of likely N-dealkylation sites (N-methyl/N-ethyl adjacent to an activating group) is 1. The number of amides is 3. The Hall–Kier alpha value is -1.73. The molecule has 0 aromatic heterocycles. The Morgan fingerprint density at radius 2 is 1.74 bits per heavy atom. The molecule has 1 aromatic rings. The number of fused-ring (bicyclic) bond motifs is 1. The second-order valence-corrected chi connectivity index (χ2v) is 6.94. The van der Waals surface area contributed by atoms with E-state index in [9.17, 15) is 14.4 Å². The molecule has 4 atom stereocenters. The average molecular weight is 380 g/mol. The Morgan fingerprint density at radius 3 is 2.26 bits per heavy atom. The Bertz CT molecular complexity index is 676. The van der Waals surface area contributed by atoms with Crippen LogP contribution in [-0.2, 0) is 14.4 Å². The molecule has 2 aliphatic rings. The SMILES string of the molecule is CC[C@@H]1[C@@H]2C(=O)N(c3ccc(Br)cc3)C(=O)[C@H]2[C@@H](C(N)=O)N1C. The number of nitrogens with two attached hydrogens (primary N) is 1. The average Bonchev–Trinajstić information content (AvgIpc) is 2.93. The van der Waals surface area contributed by atoms with Crippen LogP contribution in [0.3, 0.4) is 0 Å². The molecule has 0 spiro atoms. The summed E-state index contributed by atoms with van der Waals surface area (Å²) in [5.74, 6) is -2.35. The highest BCUT2D eigenvalue weighted by molar-refractivity contribution is 9.10. The summed E-state index contributed by atoms with van der Waals surface area (Å²) >= 11 is 3.33. The minimum absolute atomic E-state index is 0.158. The molecule has 2 fully saturated rings. The van der Waals surface area contributed by atoms with Gasteiger partial charge in [0.25, 0.3) is 0 Å². The third-order valence-corrected chi connectivity index (χ3v) is 5.44. The predicted molar refractivity (Wildman–Crippen MR) is 88.4 cm³/mol. The van der Waals surface area contributed by atoms with Crippen LogP contribution in [0.5, 0.6) is 0 Å². The van der Waals surface area contributed by atoms with Crippen molar-refractivity contribution >= 4 is 39.3 Å². The molecule has 0 unspecified atom stereocenters. The van der Waals surface area contributed by atoms with Gasteiger partial charge in [0.05, 0.1) is 17.5 Å². The highest BCUT2D eigenvalue weighted by Crippen LogP contribution is 2.44. The van der Waals surface area contributed by atoms with Crippen molar-refractivity contribution in [3.63, 3.8) is 0 Å². The minimum atomic E-state index is -0.734. The van der Waals surface area contributed by atoms with Gasteiger partial charge in [-0.05, 0) is 37.7 Å². The van der Waals surface area contributed by atoms with Crippen LogP contribution in [0.2, 0.25) is 0 Å². The molecule has 0 aliphatic carbocycles. The summed E-state index contributed by atoms with van der Waals surface area (Å²) < 4.78 is 0.863. The minimum Gasteiger partial charge on any atom is -0.368 e. The lowest BCUT2D eigenvalue weighted by Gasteiger charge is -2.27. The molecule has 2 N–H and O–H groups in total. The normalized spacial score (nSPS) is 30.8. The van der Waals surface area contributed by atoms with E-state index in [2.05, 4.69) is 15.9 Å². The number of hydrogen-bond acceptors (Lipinski definition) is 4. The molecule has 2 saturated heterocycles. The molecule has 2 heterocycles. The van der Waals surface area contributed by atoms with Gasteiger partial charge in [0.1, 0.15) is 6.04 Å². The Kier molecular flexibility index (Phi) is 4.01. The lowest BCUT2D eigenvalue weighted by Crippen LogP contribution is -2.48. The molecule has 3 amide bonds. The molecule has 0 saturated carbocycles. The van der Waals surface area contributed by atoms with Gasteiger partial charge in [0.15, 0.2) is 0 Å². The predicted octanol–water partition coefficient (Wildman–Crippen LogP) is 1.13. The topological polar surface area (TPSA) is 83.7 Å². The van der Waals surface area contributed by atoms with Crippen LogP contribution in [0.4, 0.5) is 5.69 Å². The first kappa shape index (κ1) is 16.1. The molecular weight excluding hydrogens is 362 g/mol. The van der Waals surface area contributed by atoms with Crippen molar-refractivity contribution in [3.05, 3.63) is 28.7 Å². The van der Waals surface area contributed by atoms with Crippen LogP contribution in [0.25, 0.3) is 0 Å². The molecule has 2 aliphatic heterocycles. The number of likely N-dealkylation sites (tertiary alicyclic amines) is 1. The number of rotatable bonds is 3. The summed E-state index contributed by atoms with van der Waals surface area (Å²) in [5, 5.41) is 0. The number of carbonyl (C=O) groups excluding carboxylic acids is 3. The third-order valence-electron chi connectivity index (χ3n) is 4.91. The largest absolute Gasteiger partial charge is 0.368 e. The molecule has 0 bridgehead atoms. The zero-order chi connectivity index (χ0) is 16.9. The van der Waals surface area contributed by atoms with E-state index in [1.807, 2.05) is 6.92 Å². The first-order chi connectivity index (χ1) is 10.9. The Labute approximate surface area is 142 Å². The van der Waals surface area contributed by atoms with Crippen LogP contribution in [0.1, 0.15) is 13.3 Å². The standard InChI is InChI=1S/C16H18BrN3O3/c1-3-10-11-12(13(14(18)21)19(10)2)16(23)20(15(11)22)9-6-4-8(17)5-7-9/h4-7,10-13H,3H2,1-2H3,(H2,18,21)/t10-,11+,12-,13+/m1/s1. The van der Waals surface area contributed by atoms with Crippen LogP contribution < -0.4 is 10.6 Å². The third kappa shape index (κ3) is 2.30. The van der Waals surface area contributed by atoms with E-state index in [1.54, 1.807) is 36.2 Å². The van der Waals surface area contributed by atoms with Crippen molar-refractivity contribution in [2.24, 2.45) is 17.6 Å². The first-order valence-corrected chi connectivity index (χ1v) is 8.32. The van der Waals surface area contributed by atoms with E-state index in [0.29, 0.717) is 12.1 Å². The number of carbonyl (C=O) groups is 3. The zero-order valence-electron chi connectivity index (χ0n) is 12.9. The van der Waals surface area contributed by atoms with Gasteiger partial charge in [-0.3, -0.25) is 19.3 Å². The van der Waals surface area contributed by atoms with E-state index >= 15 is 0 Å². The molecule has 7 heteroatoms. The maximum Gasteiger partial charge on any atom is 0.239 e. The highest BCUT2D eigenvalue weighted by atomic mass is 79.9. The molecule has 23 heavy (non-hydrogen) atoms. The number of anilines is 1. The van der Waals surface area contributed by atoms with E-state index in [1.165, 1.54) is 4.90 Å². The summed E-state index contributed by atoms with van der Waals surface area (Å²) in [4.78, 5) is 40.6. The maximum absolute atomic E-state index is 12.9. The fourth-order valence-electron chi connectivity index (χ4n) is 3.93. The fourth-order valence-corrected chi connectivity index (χ4v) is 4.19.